The van der Waals surface area contributed by atoms with E-state index in [-0.39, 0.29) is 41.0 Å². The van der Waals surface area contributed by atoms with Gasteiger partial charge >= 0.3 is 0 Å². The molecule has 160 valence electrons. The maximum atomic E-state index is 13.2. The van der Waals surface area contributed by atoms with Gasteiger partial charge in [-0.3, -0.25) is 4.99 Å². The van der Waals surface area contributed by atoms with Gasteiger partial charge in [0.25, 0.3) is 0 Å². The highest BCUT2D eigenvalue weighted by Crippen LogP contribution is 2.13. The molecule has 0 spiro atoms. The maximum absolute atomic E-state index is 13.2. The van der Waals surface area contributed by atoms with Gasteiger partial charge in [-0.1, -0.05) is 24.3 Å². The molecule has 0 amide bonds. The summed E-state index contributed by atoms with van der Waals surface area (Å²) in [6.45, 7) is 6.51. The lowest BCUT2D eigenvalue weighted by atomic mass is 10.1. The SMILES string of the molecule is CN=C(NCc1cccc(S(=O)(=O)NCc2cccc(F)c2)c1)NC(C)(C)C.I. The Balaban J connectivity index is 0.00000420. The summed E-state index contributed by atoms with van der Waals surface area (Å²) in [5.41, 5.74) is 1.21. The molecule has 2 aromatic rings. The number of halogens is 2. The Labute approximate surface area is 189 Å². The van der Waals surface area contributed by atoms with Gasteiger partial charge in [0.1, 0.15) is 5.82 Å². The Hall–Kier alpha value is -1.72. The first-order valence-corrected chi connectivity index (χ1v) is 10.4. The number of hydrogen-bond acceptors (Lipinski definition) is 3. The molecule has 6 nitrogen and oxygen atoms in total. The van der Waals surface area contributed by atoms with E-state index in [0.717, 1.165) is 5.56 Å². The number of sulfonamides is 1. The summed E-state index contributed by atoms with van der Waals surface area (Å²) in [6, 6.07) is 12.5. The summed E-state index contributed by atoms with van der Waals surface area (Å²) in [5.74, 6) is 0.229. The first-order valence-electron chi connectivity index (χ1n) is 8.91. The van der Waals surface area contributed by atoms with Crippen LogP contribution in [0.2, 0.25) is 0 Å². The van der Waals surface area contributed by atoms with Crippen LogP contribution in [0, 0.1) is 5.82 Å². The molecule has 0 fully saturated rings. The second kappa shape index (κ2) is 10.9. The standard InChI is InChI=1S/C20H27FN4O2S.HI/c1-20(2,3)25-19(22-4)23-13-16-8-6-10-18(12-16)28(26,27)24-14-15-7-5-9-17(21)11-15;/h5-12,24H,13-14H2,1-4H3,(H2,22,23,25);1H. The minimum Gasteiger partial charge on any atom is -0.352 e. The smallest absolute Gasteiger partial charge is 0.240 e. The van der Waals surface area contributed by atoms with E-state index in [9.17, 15) is 12.8 Å². The summed E-state index contributed by atoms with van der Waals surface area (Å²) in [7, 11) is -2.03. The van der Waals surface area contributed by atoms with E-state index >= 15 is 0 Å². The van der Waals surface area contributed by atoms with Crippen molar-refractivity contribution in [1.29, 1.82) is 0 Å². The van der Waals surface area contributed by atoms with Crippen molar-refractivity contribution in [2.24, 2.45) is 4.99 Å². The average Bonchev–Trinajstić information content (AvgIpc) is 2.63. The summed E-state index contributed by atoms with van der Waals surface area (Å²) < 4.78 is 40.9. The van der Waals surface area contributed by atoms with Gasteiger partial charge in [-0.2, -0.15) is 0 Å². The van der Waals surface area contributed by atoms with E-state index in [2.05, 4.69) is 20.3 Å². The fraction of sp³-hybridized carbons (Fsp3) is 0.350. The lowest BCUT2D eigenvalue weighted by molar-refractivity contribution is 0.501. The van der Waals surface area contributed by atoms with Crippen molar-refractivity contribution in [2.75, 3.05) is 7.05 Å². The number of nitrogens with zero attached hydrogens (tertiary/aromatic N) is 1. The summed E-state index contributed by atoms with van der Waals surface area (Å²) in [6.07, 6.45) is 0. The Morgan fingerprint density at radius 2 is 1.66 bits per heavy atom. The van der Waals surface area contributed by atoms with Crippen LogP contribution in [0.5, 0.6) is 0 Å². The van der Waals surface area contributed by atoms with Gasteiger partial charge in [0.15, 0.2) is 5.96 Å². The van der Waals surface area contributed by atoms with Crippen LogP contribution in [0.15, 0.2) is 58.4 Å². The van der Waals surface area contributed by atoms with E-state index < -0.39 is 15.8 Å². The zero-order valence-electron chi connectivity index (χ0n) is 17.0. The van der Waals surface area contributed by atoms with Crippen molar-refractivity contribution in [3.05, 3.63) is 65.5 Å². The fourth-order valence-electron chi connectivity index (χ4n) is 2.45. The monoisotopic (exact) mass is 534 g/mol. The molecule has 0 heterocycles. The molecule has 3 N–H and O–H groups in total. The molecule has 9 heteroatoms. The molecule has 2 aromatic carbocycles. The average molecular weight is 534 g/mol. The highest BCUT2D eigenvalue weighted by Gasteiger charge is 2.15. The first-order chi connectivity index (χ1) is 13.1. The molecule has 29 heavy (non-hydrogen) atoms. The third kappa shape index (κ3) is 8.67. The molecule has 0 unspecified atom stereocenters. The van der Waals surface area contributed by atoms with E-state index in [1.165, 1.54) is 18.2 Å². The number of guanidine groups is 1. The van der Waals surface area contributed by atoms with Crippen LogP contribution < -0.4 is 15.4 Å². The molecule has 0 aromatic heterocycles. The summed E-state index contributed by atoms with van der Waals surface area (Å²) in [5, 5.41) is 6.41. The number of nitrogens with one attached hydrogen (secondary N) is 3. The van der Waals surface area contributed by atoms with Crippen molar-refractivity contribution >= 4 is 40.0 Å². The van der Waals surface area contributed by atoms with E-state index in [1.807, 2.05) is 26.8 Å². The molecule has 0 saturated carbocycles. The molecule has 0 aliphatic heterocycles. The fourth-order valence-corrected chi connectivity index (χ4v) is 3.54. The lowest BCUT2D eigenvalue weighted by Gasteiger charge is -2.23. The number of benzene rings is 2. The normalized spacial score (nSPS) is 12.2. The van der Waals surface area contributed by atoms with Gasteiger partial charge < -0.3 is 10.6 Å². The van der Waals surface area contributed by atoms with Crippen molar-refractivity contribution in [2.45, 2.75) is 44.3 Å². The second-order valence-corrected chi connectivity index (χ2v) is 9.17. The van der Waals surface area contributed by atoms with Crippen LogP contribution in [0.25, 0.3) is 0 Å². The van der Waals surface area contributed by atoms with Crippen LogP contribution in [0.4, 0.5) is 4.39 Å². The Bertz CT molecular complexity index is 943. The van der Waals surface area contributed by atoms with Crippen molar-refractivity contribution in [1.82, 2.24) is 15.4 Å². The Kier molecular flexibility index (Phi) is 9.50. The Morgan fingerprint density at radius 3 is 2.24 bits per heavy atom. The van der Waals surface area contributed by atoms with E-state index in [1.54, 1.807) is 31.3 Å². The molecule has 2 rings (SSSR count). The lowest BCUT2D eigenvalue weighted by Crippen LogP contribution is -2.47. The van der Waals surface area contributed by atoms with E-state index in [0.29, 0.717) is 18.1 Å². The van der Waals surface area contributed by atoms with E-state index in [4.69, 9.17) is 0 Å². The second-order valence-electron chi connectivity index (χ2n) is 7.40. The molecule has 0 radical (unpaired) electrons. The minimum atomic E-state index is -3.71. The van der Waals surface area contributed by atoms with Crippen LogP contribution >= 0.6 is 24.0 Å². The van der Waals surface area contributed by atoms with Gasteiger partial charge in [-0.25, -0.2) is 17.5 Å². The molecule has 0 aliphatic carbocycles. The van der Waals surface area contributed by atoms with Crippen LogP contribution in [0.1, 0.15) is 31.9 Å². The van der Waals surface area contributed by atoms with Gasteiger partial charge in [0.05, 0.1) is 4.90 Å². The highest BCUT2D eigenvalue weighted by molar-refractivity contribution is 14.0. The largest absolute Gasteiger partial charge is 0.352 e. The predicted molar refractivity (Wildman–Crippen MR) is 125 cm³/mol. The number of hydrogen-bond donors (Lipinski definition) is 3. The molecule has 0 atom stereocenters. The van der Waals surface area contributed by atoms with Gasteiger partial charge in [0, 0.05) is 25.7 Å². The molecule has 0 bridgehead atoms. The Morgan fingerprint density at radius 1 is 1.03 bits per heavy atom. The minimum absolute atomic E-state index is 0. The molecule has 0 saturated heterocycles. The quantitative estimate of drug-likeness (QED) is 0.302. The predicted octanol–water partition coefficient (Wildman–Crippen LogP) is 3.39. The van der Waals surface area contributed by atoms with Gasteiger partial charge in [0.2, 0.25) is 10.0 Å². The topological polar surface area (TPSA) is 82.6 Å². The summed E-state index contributed by atoms with van der Waals surface area (Å²) in [4.78, 5) is 4.32. The zero-order chi connectivity index (χ0) is 20.8. The van der Waals surface area contributed by atoms with Crippen molar-refractivity contribution in [3.8, 4) is 0 Å². The van der Waals surface area contributed by atoms with Crippen molar-refractivity contribution < 1.29 is 12.8 Å². The molecule has 0 aliphatic rings. The van der Waals surface area contributed by atoms with Crippen molar-refractivity contribution in [3.63, 3.8) is 0 Å². The molecular formula is C20H28FIN4O2S. The van der Waals surface area contributed by atoms with Gasteiger partial charge in [-0.15, -0.1) is 24.0 Å². The third-order valence-electron chi connectivity index (χ3n) is 3.74. The summed E-state index contributed by atoms with van der Waals surface area (Å²) >= 11 is 0. The molecular weight excluding hydrogens is 506 g/mol. The maximum Gasteiger partial charge on any atom is 0.240 e. The zero-order valence-corrected chi connectivity index (χ0v) is 20.1. The first kappa shape index (κ1) is 25.3. The van der Waals surface area contributed by atoms with Gasteiger partial charge in [-0.05, 0) is 56.2 Å². The van der Waals surface area contributed by atoms with Crippen LogP contribution in [0.3, 0.4) is 0 Å². The van der Waals surface area contributed by atoms with Crippen LogP contribution in [-0.4, -0.2) is 27.0 Å². The van der Waals surface area contributed by atoms with Crippen LogP contribution in [-0.2, 0) is 23.1 Å². The third-order valence-corrected chi connectivity index (χ3v) is 5.14. The number of rotatable bonds is 6. The highest BCUT2D eigenvalue weighted by atomic mass is 127. The number of aliphatic imine (C=N–C) groups is 1.